The van der Waals surface area contributed by atoms with E-state index < -0.39 is 65.3 Å². The summed E-state index contributed by atoms with van der Waals surface area (Å²) in [5.74, 6) is -2.50. The number of carbonyl (C=O) groups excluding carboxylic acids is 3. The van der Waals surface area contributed by atoms with Crippen molar-refractivity contribution >= 4 is 65.2 Å². The lowest BCUT2D eigenvalue weighted by Crippen LogP contribution is -2.53. The van der Waals surface area contributed by atoms with Gasteiger partial charge in [0.2, 0.25) is 17.5 Å². The fourth-order valence-corrected chi connectivity index (χ4v) is 10.0. The number of unbranched alkanes of at least 4 members (excludes halogenated alkanes) is 2. The van der Waals surface area contributed by atoms with Crippen molar-refractivity contribution in [1.82, 2.24) is 10.6 Å². The van der Waals surface area contributed by atoms with Crippen molar-refractivity contribution in [1.29, 1.82) is 0 Å². The van der Waals surface area contributed by atoms with Crippen molar-refractivity contribution in [2.75, 3.05) is 43.4 Å². The van der Waals surface area contributed by atoms with Gasteiger partial charge in [-0.1, -0.05) is 38.5 Å². The van der Waals surface area contributed by atoms with Crippen LogP contribution >= 0.6 is 0 Å². The third-order valence-corrected chi connectivity index (χ3v) is 14.4. The Morgan fingerprint density at radius 3 is 2.04 bits per heavy atom. The summed E-state index contributed by atoms with van der Waals surface area (Å²) in [7, 11) is -13.4. The van der Waals surface area contributed by atoms with Gasteiger partial charge < -0.3 is 20.3 Å². The van der Waals surface area contributed by atoms with Gasteiger partial charge in [0.25, 0.3) is 30.4 Å². The average molecular weight is 990 g/mol. The molecule has 2 amide bonds. The van der Waals surface area contributed by atoms with Crippen LogP contribution in [0.15, 0.2) is 93.4 Å². The van der Waals surface area contributed by atoms with Crippen LogP contribution in [0.1, 0.15) is 105 Å². The molecule has 2 aliphatic rings. The second-order valence-corrected chi connectivity index (χ2v) is 21.3. The SMILES string of the molecule is CCOC(=O)CCCCCNC(=O)C1(C(=O)NCCS(=O)(=O)O)CC(/C=C/C2=[N+](CC)c3ccc(S(=O)(=O)O)cc3C2(C)C)=CC(=C/C=C(\CC)N(CC)c2ccc(S(=O)(=O)O)cc2CC)/C1. The van der Waals surface area contributed by atoms with E-state index >= 15 is 0 Å². The molecule has 368 valence electrons. The zero-order chi connectivity index (χ0) is 50.0. The topological polar surface area (TPSA) is 254 Å². The first kappa shape index (κ1) is 54.6. The predicted octanol–water partition coefficient (Wildman–Crippen LogP) is 6.39. The molecule has 0 spiro atoms. The molecule has 1 heterocycles. The van der Waals surface area contributed by atoms with Crippen molar-refractivity contribution in [2.24, 2.45) is 5.41 Å². The van der Waals surface area contributed by atoms with Crippen LogP contribution in [-0.4, -0.2) is 106 Å². The van der Waals surface area contributed by atoms with E-state index in [1.165, 1.54) is 24.3 Å². The molecule has 1 aliphatic heterocycles. The van der Waals surface area contributed by atoms with Crippen molar-refractivity contribution in [3.05, 3.63) is 94.7 Å². The molecule has 67 heavy (non-hydrogen) atoms. The minimum Gasteiger partial charge on any atom is -0.466 e. The Kier molecular flexibility index (Phi) is 18.6. The Morgan fingerprint density at radius 1 is 0.821 bits per heavy atom. The number of carbonyl (C=O) groups is 3. The molecule has 4 rings (SSSR count). The van der Waals surface area contributed by atoms with Crippen molar-refractivity contribution in [3.8, 4) is 0 Å². The van der Waals surface area contributed by atoms with Crippen LogP contribution in [0.5, 0.6) is 0 Å². The summed E-state index contributed by atoms with van der Waals surface area (Å²) < 4.78 is 108. The van der Waals surface area contributed by atoms with E-state index in [-0.39, 0.29) is 48.2 Å². The van der Waals surface area contributed by atoms with Gasteiger partial charge in [-0.3, -0.25) is 28.0 Å². The van der Waals surface area contributed by atoms with Crippen LogP contribution in [-0.2, 0) is 61.3 Å². The first-order valence-corrected chi connectivity index (χ1v) is 27.0. The zero-order valence-electron chi connectivity index (χ0n) is 39.3. The summed E-state index contributed by atoms with van der Waals surface area (Å²) in [6.07, 6.45) is 11.7. The molecule has 2 aromatic rings. The predicted molar refractivity (Wildman–Crippen MR) is 256 cm³/mol. The molecule has 0 bridgehead atoms. The Labute approximate surface area is 395 Å². The lowest BCUT2D eigenvalue weighted by Gasteiger charge is -2.35. The number of aryl methyl sites for hydroxylation is 1. The Bertz CT molecular complexity index is 2700. The molecule has 1 unspecified atom stereocenters. The highest BCUT2D eigenvalue weighted by Gasteiger charge is 2.49. The van der Waals surface area contributed by atoms with Gasteiger partial charge in [-0.25, -0.2) is 0 Å². The van der Waals surface area contributed by atoms with Crippen LogP contribution in [0.25, 0.3) is 0 Å². The largest absolute Gasteiger partial charge is 0.466 e. The highest BCUT2D eigenvalue weighted by atomic mass is 32.2. The average Bonchev–Trinajstić information content (AvgIpc) is 3.48. The first-order valence-electron chi connectivity index (χ1n) is 22.5. The summed E-state index contributed by atoms with van der Waals surface area (Å²) in [4.78, 5) is 42.5. The third kappa shape index (κ3) is 13.8. The molecule has 0 fully saturated rings. The molecule has 0 aromatic heterocycles. The van der Waals surface area contributed by atoms with Crippen LogP contribution in [0, 0.1) is 5.41 Å². The second-order valence-electron chi connectivity index (χ2n) is 16.9. The number of nitrogens with one attached hydrogen (secondary N) is 2. The number of hydrogen-bond acceptors (Lipinski definition) is 11. The number of anilines is 1. The maximum absolute atomic E-state index is 14.6. The van der Waals surface area contributed by atoms with E-state index in [2.05, 4.69) is 10.6 Å². The van der Waals surface area contributed by atoms with Crippen LogP contribution in [0.3, 0.4) is 0 Å². The number of benzene rings is 2. The monoisotopic (exact) mass is 989 g/mol. The van der Waals surface area contributed by atoms with Crippen LogP contribution < -0.4 is 15.5 Å². The summed E-state index contributed by atoms with van der Waals surface area (Å²) in [6, 6.07) is 8.83. The van der Waals surface area contributed by atoms with Gasteiger partial charge in [0.05, 0.1) is 27.6 Å². The number of nitrogens with zero attached hydrogens (tertiary/aromatic N) is 2. The van der Waals surface area contributed by atoms with E-state index in [9.17, 15) is 53.3 Å². The molecule has 20 heteroatoms. The molecule has 5 N–H and O–H groups in total. The number of esters is 1. The molecule has 1 aliphatic carbocycles. The van der Waals surface area contributed by atoms with Crippen molar-refractivity contribution < 1.29 is 62.6 Å². The second kappa shape index (κ2) is 22.9. The fraction of sp³-hybridized carbons (Fsp3) is 0.489. The standard InChI is InChI=1S/C47H64N4O13S3/c1-8-35-29-37(66(58,59)60)20-22-40(35)50(10-3)36(9-2)19-17-33-28-34(18-24-42-46(6,7)39-30-38(67(61,62)63)21-23-41(39)51(42)11-4)32-47(31-33,45(54)49-26-27-65(55,56)57)44(53)48-25-15-13-14-16-43(52)64-12-5/h17-24,28-30H,8-16,25-27,31-32H2,1-7H3,(H4-,48,49,53,54,55,56,57,58,59,60,61,62,63)/p+1. The third-order valence-electron chi connectivity index (χ3n) is 12.0. The first-order chi connectivity index (χ1) is 31.4. The maximum Gasteiger partial charge on any atom is 0.305 e. The Hall–Kier alpha value is -4.99. The lowest BCUT2D eigenvalue weighted by atomic mass is 9.70. The zero-order valence-corrected chi connectivity index (χ0v) is 41.7. The number of hydrogen-bond donors (Lipinski definition) is 5. The number of ether oxygens (including phenoxy) is 1. The summed E-state index contributed by atoms with van der Waals surface area (Å²) >= 11 is 0. The van der Waals surface area contributed by atoms with E-state index in [0.29, 0.717) is 67.5 Å². The molecular formula is C47H65N4O13S3+. The van der Waals surface area contributed by atoms with E-state index in [0.717, 1.165) is 22.8 Å². The van der Waals surface area contributed by atoms with E-state index in [1.54, 1.807) is 31.2 Å². The number of allylic oxidation sites excluding steroid dienone is 8. The molecule has 17 nitrogen and oxygen atoms in total. The summed E-state index contributed by atoms with van der Waals surface area (Å²) in [5.41, 5.74) is 2.88. The fourth-order valence-electron chi connectivity index (χ4n) is 8.62. The van der Waals surface area contributed by atoms with Crippen LogP contribution in [0.2, 0.25) is 0 Å². The van der Waals surface area contributed by atoms with Crippen molar-refractivity contribution in [3.63, 3.8) is 0 Å². The number of fused-ring (bicyclic) bond motifs is 1. The van der Waals surface area contributed by atoms with E-state index in [1.807, 2.05) is 69.2 Å². The van der Waals surface area contributed by atoms with E-state index in [4.69, 9.17) is 4.74 Å². The number of amides is 2. The Balaban J connectivity index is 1.86. The smallest absolute Gasteiger partial charge is 0.305 e. The van der Waals surface area contributed by atoms with Gasteiger partial charge >= 0.3 is 5.97 Å². The molecule has 1 atom stereocenters. The highest BCUT2D eigenvalue weighted by molar-refractivity contribution is 7.86. The van der Waals surface area contributed by atoms with Crippen LogP contribution in [0.4, 0.5) is 11.4 Å². The van der Waals surface area contributed by atoms with Gasteiger partial charge in [-0.05, 0) is 126 Å². The molecular weight excluding hydrogens is 925 g/mol. The quantitative estimate of drug-likeness (QED) is 0.0266. The minimum absolute atomic E-state index is 0.118. The minimum atomic E-state index is -4.50. The molecule has 0 saturated carbocycles. The Morgan fingerprint density at radius 2 is 1.46 bits per heavy atom. The lowest BCUT2D eigenvalue weighted by molar-refractivity contribution is -0.433. The number of rotatable bonds is 23. The summed E-state index contributed by atoms with van der Waals surface area (Å²) in [6.45, 7) is 14.2. The highest BCUT2D eigenvalue weighted by Crippen LogP contribution is 2.43. The van der Waals surface area contributed by atoms with Gasteiger partial charge in [-0.15, -0.1) is 0 Å². The van der Waals surface area contributed by atoms with Gasteiger partial charge in [-0.2, -0.15) is 29.8 Å². The normalized spacial score (nSPS) is 18.2. The molecule has 0 radical (unpaired) electrons. The van der Waals surface area contributed by atoms with Gasteiger partial charge in [0.1, 0.15) is 12.0 Å². The maximum atomic E-state index is 14.6. The molecule has 2 aromatic carbocycles. The van der Waals surface area contributed by atoms with Gasteiger partial charge in [0.15, 0.2) is 5.71 Å². The van der Waals surface area contributed by atoms with Crippen molar-refractivity contribution in [2.45, 2.75) is 115 Å². The summed E-state index contributed by atoms with van der Waals surface area (Å²) in [5, 5.41) is 5.49. The van der Waals surface area contributed by atoms with Gasteiger partial charge in [0, 0.05) is 55.1 Å². The molecule has 0 saturated heterocycles.